The van der Waals surface area contributed by atoms with Crippen LogP contribution >= 0.6 is 15.9 Å². The Kier molecular flexibility index (Phi) is 9.04. The summed E-state index contributed by atoms with van der Waals surface area (Å²) in [5.74, 6) is -0.0871. The molecule has 8 nitrogen and oxygen atoms in total. The lowest BCUT2D eigenvalue weighted by Gasteiger charge is -2.24. The highest BCUT2D eigenvalue weighted by molar-refractivity contribution is 9.10. The van der Waals surface area contributed by atoms with Crippen LogP contribution in [0.2, 0.25) is 0 Å². The van der Waals surface area contributed by atoms with Gasteiger partial charge in [0.1, 0.15) is 12.3 Å². The number of halogens is 1. The van der Waals surface area contributed by atoms with Crippen LogP contribution in [-0.2, 0) is 14.8 Å². The van der Waals surface area contributed by atoms with Gasteiger partial charge in [-0.3, -0.25) is 9.10 Å². The lowest BCUT2D eigenvalue weighted by atomic mass is 10.1. The first-order valence-electron chi connectivity index (χ1n) is 12.9. The molecule has 4 aromatic rings. The average Bonchev–Trinajstić information content (AvgIpc) is 3.19. The van der Waals surface area contributed by atoms with Crippen molar-refractivity contribution >= 4 is 43.8 Å². The van der Waals surface area contributed by atoms with Crippen molar-refractivity contribution in [3.05, 3.63) is 105 Å². The van der Waals surface area contributed by atoms with Crippen molar-refractivity contribution in [3.63, 3.8) is 0 Å². The standard InChI is InChI=1S/C31H33BrN4O4S/c1-20-7-9-26(10-8-20)35(41(38,39)28-11-12-30(40-6)29(32)17-28)19-31(37)34-33-18-25-16-23(4)36(24(25)5)27-14-21(2)13-22(3)15-27/h7-18H,19H2,1-6H3,(H,34,37)/b33-18+. The number of nitrogens with one attached hydrogen (secondary N) is 1. The molecular weight excluding hydrogens is 604 g/mol. The van der Waals surface area contributed by atoms with Crippen molar-refractivity contribution in [3.8, 4) is 11.4 Å². The fourth-order valence-corrected chi connectivity index (χ4v) is 6.84. The molecule has 1 aromatic heterocycles. The number of carbonyl (C=O) groups is 1. The van der Waals surface area contributed by atoms with Crippen molar-refractivity contribution in [2.75, 3.05) is 18.0 Å². The number of methoxy groups -OCH3 is 1. The second-order valence-corrected chi connectivity index (χ2v) is 12.7. The first kappa shape index (κ1) is 30.1. The van der Waals surface area contributed by atoms with Gasteiger partial charge in [-0.15, -0.1) is 0 Å². The Morgan fingerprint density at radius 2 is 1.61 bits per heavy atom. The quantitative estimate of drug-likeness (QED) is 0.176. The molecule has 0 unspecified atom stereocenters. The van der Waals surface area contributed by atoms with Gasteiger partial charge in [-0.1, -0.05) is 23.8 Å². The van der Waals surface area contributed by atoms with E-state index in [1.807, 2.05) is 26.8 Å². The second kappa shape index (κ2) is 12.3. The summed E-state index contributed by atoms with van der Waals surface area (Å²) in [7, 11) is -2.60. The van der Waals surface area contributed by atoms with Crippen LogP contribution in [0, 0.1) is 34.6 Å². The SMILES string of the molecule is COc1ccc(S(=O)(=O)N(CC(=O)N/N=C/c2cc(C)n(-c3cc(C)cc(C)c3)c2C)c2ccc(C)cc2)cc1Br. The molecule has 41 heavy (non-hydrogen) atoms. The van der Waals surface area contributed by atoms with Crippen molar-refractivity contribution < 1.29 is 17.9 Å². The van der Waals surface area contributed by atoms with Gasteiger partial charge in [0, 0.05) is 22.6 Å². The van der Waals surface area contributed by atoms with E-state index in [4.69, 9.17) is 4.74 Å². The predicted octanol–water partition coefficient (Wildman–Crippen LogP) is 6.14. The number of hydrogen-bond acceptors (Lipinski definition) is 5. The first-order valence-corrected chi connectivity index (χ1v) is 15.2. The van der Waals surface area contributed by atoms with Crippen molar-refractivity contribution in [1.29, 1.82) is 0 Å². The van der Waals surface area contributed by atoms with Crippen LogP contribution in [0.25, 0.3) is 5.69 Å². The van der Waals surface area contributed by atoms with Crippen molar-refractivity contribution in [2.24, 2.45) is 5.10 Å². The first-order chi connectivity index (χ1) is 19.4. The fourth-order valence-electron chi connectivity index (χ4n) is 4.70. The smallest absolute Gasteiger partial charge is 0.264 e. The molecule has 0 aliphatic heterocycles. The maximum absolute atomic E-state index is 13.7. The van der Waals surface area contributed by atoms with E-state index in [9.17, 15) is 13.2 Å². The van der Waals surface area contributed by atoms with Crippen LogP contribution in [-0.4, -0.2) is 38.8 Å². The predicted molar refractivity (Wildman–Crippen MR) is 167 cm³/mol. The van der Waals surface area contributed by atoms with Gasteiger partial charge in [0.05, 0.1) is 28.4 Å². The van der Waals surface area contributed by atoms with E-state index in [0.717, 1.165) is 32.5 Å². The number of nitrogens with zero attached hydrogens (tertiary/aromatic N) is 3. The highest BCUT2D eigenvalue weighted by atomic mass is 79.9. The molecule has 0 radical (unpaired) electrons. The van der Waals surface area contributed by atoms with Crippen LogP contribution in [0.1, 0.15) is 33.6 Å². The number of aromatic nitrogens is 1. The number of hydrogen-bond donors (Lipinski definition) is 1. The third kappa shape index (κ3) is 6.71. The normalized spacial score (nSPS) is 11.6. The molecule has 0 saturated heterocycles. The summed E-state index contributed by atoms with van der Waals surface area (Å²) in [5.41, 5.74) is 10.1. The van der Waals surface area contributed by atoms with E-state index >= 15 is 0 Å². The van der Waals surface area contributed by atoms with Crippen molar-refractivity contribution in [2.45, 2.75) is 39.5 Å². The summed E-state index contributed by atoms with van der Waals surface area (Å²) in [4.78, 5) is 13.0. The summed E-state index contributed by atoms with van der Waals surface area (Å²) in [6, 6.07) is 19.8. The highest BCUT2D eigenvalue weighted by Gasteiger charge is 2.28. The molecule has 0 fully saturated rings. The van der Waals surface area contributed by atoms with E-state index in [2.05, 4.69) is 63.1 Å². The second-order valence-electron chi connectivity index (χ2n) is 9.94. The lowest BCUT2D eigenvalue weighted by Crippen LogP contribution is -2.39. The minimum absolute atomic E-state index is 0.0147. The third-order valence-corrected chi connectivity index (χ3v) is 9.04. The zero-order valence-corrected chi connectivity index (χ0v) is 26.3. The largest absolute Gasteiger partial charge is 0.496 e. The minimum Gasteiger partial charge on any atom is -0.496 e. The zero-order valence-electron chi connectivity index (χ0n) is 23.9. The molecule has 1 heterocycles. The van der Waals surface area contributed by atoms with E-state index in [1.165, 1.54) is 30.4 Å². The molecule has 214 valence electrons. The Hall–Kier alpha value is -3.89. The molecule has 0 atom stereocenters. The van der Waals surface area contributed by atoms with E-state index in [0.29, 0.717) is 15.9 Å². The Balaban J connectivity index is 1.57. The summed E-state index contributed by atoms with van der Waals surface area (Å²) < 4.78 is 36.3. The molecule has 0 bridgehead atoms. The number of ether oxygens (including phenoxy) is 1. The third-order valence-electron chi connectivity index (χ3n) is 6.65. The molecule has 0 aliphatic carbocycles. The molecule has 0 saturated carbocycles. The monoisotopic (exact) mass is 636 g/mol. The van der Waals surface area contributed by atoms with Crippen LogP contribution < -0.4 is 14.5 Å². The van der Waals surface area contributed by atoms with Crippen LogP contribution in [0.15, 0.2) is 81.2 Å². The Bertz CT molecular complexity index is 1710. The molecule has 0 spiro atoms. The van der Waals surface area contributed by atoms with Gasteiger partial charge in [-0.05, 0) is 110 Å². The van der Waals surface area contributed by atoms with Crippen LogP contribution in [0.3, 0.4) is 0 Å². The van der Waals surface area contributed by atoms with Gasteiger partial charge in [0.15, 0.2) is 0 Å². The van der Waals surface area contributed by atoms with Gasteiger partial charge < -0.3 is 9.30 Å². The Morgan fingerprint density at radius 3 is 2.22 bits per heavy atom. The fraction of sp³-hybridized carbons (Fsp3) is 0.226. The summed E-state index contributed by atoms with van der Waals surface area (Å²) >= 11 is 3.35. The zero-order chi connectivity index (χ0) is 29.9. The topological polar surface area (TPSA) is 93.0 Å². The molecule has 10 heteroatoms. The van der Waals surface area contributed by atoms with E-state index in [1.54, 1.807) is 36.5 Å². The number of aryl methyl sites for hydroxylation is 4. The van der Waals surface area contributed by atoms with Gasteiger partial charge in [-0.25, -0.2) is 13.8 Å². The molecule has 1 N–H and O–H groups in total. The van der Waals surface area contributed by atoms with Gasteiger partial charge in [-0.2, -0.15) is 5.10 Å². The number of sulfonamides is 1. The minimum atomic E-state index is -4.10. The summed E-state index contributed by atoms with van der Waals surface area (Å²) in [6.07, 6.45) is 1.57. The molecular formula is C31H33BrN4O4S. The van der Waals surface area contributed by atoms with Crippen LogP contribution in [0.4, 0.5) is 5.69 Å². The molecule has 0 aliphatic rings. The van der Waals surface area contributed by atoms with E-state index < -0.39 is 22.5 Å². The number of carbonyl (C=O) groups excluding carboxylic acids is 1. The average molecular weight is 638 g/mol. The Morgan fingerprint density at radius 1 is 0.951 bits per heavy atom. The summed E-state index contributed by atoms with van der Waals surface area (Å²) in [6.45, 7) is 9.58. The number of amides is 1. The highest BCUT2D eigenvalue weighted by Crippen LogP contribution is 2.31. The lowest BCUT2D eigenvalue weighted by molar-refractivity contribution is -0.119. The van der Waals surface area contributed by atoms with Gasteiger partial charge >= 0.3 is 0 Å². The number of rotatable bonds is 9. The van der Waals surface area contributed by atoms with Crippen LogP contribution in [0.5, 0.6) is 5.75 Å². The molecule has 3 aromatic carbocycles. The van der Waals surface area contributed by atoms with E-state index in [-0.39, 0.29) is 4.90 Å². The maximum Gasteiger partial charge on any atom is 0.264 e. The van der Waals surface area contributed by atoms with Gasteiger partial charge in [0.2, 0.25) is 0 Å². The Labute approximate surface area is 249 Å². The molecule has 1 amide bonds. The maximum atomic E-state index is 13.7. The number of benzene rings is 3. The number of hydrazone groups is 1. The van der Waals surface area contributed by atoms with Crippen molar-refractivity contribution in [1.82, 2.24) is 9.99 Å². The number of anilines is 1. The summed E-state index contributed by atoms with van der Waals surface area (Å²) in [5, 5.41) is 4.15. The molecule has 4 rings (SSSR count). The van der Waals surface area contributed by atoms with Gasteiger partial charge in [0.25, 0.3) is 15.9 Å².